The maximum Gasteiger partial charge on any atom is 0.342 e. The smallest absolute Gasteiger partial charge is 0.342 e. The highest BCUT2D eigenvalue weighted by atomic mass is 35.5. The van der Waals surface area contributed by atoms with Gasteiger partial charge in [-0.05, 0) is 19.1 Å². The van der Waals surface area contributed by atoms with Crippen LogP contribution in [0.5, 0.6) is 5.75 Å². The van der Waals surface area contributed by atoms with Crippen LogP contribution in [0.3, 0.4) is 0 Å². The lowest BCUT2D eigenvalue weighted by atomic mass is 10.0. The monoisotopic (exact) mass is 361 g/mol. The van der Waals surface area contributed by atoms with Crippen LogP contribution in [0.1, 0.15) is 18.1 Å². The fraction of sp³-hybridized carbons (Fsp3) is 0.357. The van der Waals surface area contributed by atoms with E-state index in [9.17, 15) is 9.36 Å². The van der Waals surface area contributed by atoms with Gasteiger partial charge in [0.05, 0.1) is 6.61 Å². The largest absolute Gasteiger partial charge is 0.462 e. The molecule has 0 radical (unpaired) electrons. The van der Waals surface area contributed by atoms with Gasteiger partial charge in [-0.1, -0.05) is 17.7 Å². The molecule has 1 atom stereocenters. The second-order valence-electron chi connectivity index (χ2n) is 4.56. The molecule has 126 valence electrons. The first-order valence-electron chi connectivity index (χ1n) is 6.73. The summed E-state index contributed by atoms with van der Waals surface area (Å²) in [5, 5.41) is 0.246. The number of nitrogens with two attached hydrogens (primary N) is 1. The number of hydrogen-bond acceptors (Lipinski definition) is 7. The normalized spacial score (nSPS) is 17.5. The second-order valence-corrected chi connectivity index (χ2v) is 7.29. The van der Waals surface area contributed by atoms with Crippen LogP contribution >= 0.6 is 19.2 Å². The number of ether oxygens (including phenoxy) is 2. The molecule has 1 unspecified atom stereocenters. The lowest BCUT2D eigenvalue weighted by molar-refractivity contribution is -0.139. The predicted octanol–water partition coefficient (Wildman–Crippen LogP) is 2.99. The van der Waals surface area contributed by atoms with E-state index >= 15 is 0 Å². The summed E-state index contributed by atoms with van der Waals surface area (Å²) in [6.45, 7) is 1.75. The van der Waals surface area contributed by atoms with Gasteiger partial charge in [0, 0.05) is 24.8 Å². The molecular formula is C14H17ClNO6P. The van der Waals surface area contributed by atoms with Crippen LogP contribution in [-0.4, -0.2) is 26.8 Å². The van der Waals surface area contributed by atoms with Crippen molar-refractivity contribution in [2.24, 2.45) is 5.73 Å². The summed E-state index contributed by atoms with van der Waals surface area (Å²) in [5.41, 5.74) is 4.87. The van der Waals surface area contributed by atoms with Crippen molar-refractivity contribution in [3.63, 3.8) is 0 Å². The van der Waals surface area contributed by atoms with Crippen molar-refractivity contribution in [1.29, 1.82) is 0 Å². The average Bonchev–Trinajstić information content (AvgIpc) is 2.53. The number of fused-ring (bicyclic) bond motifs is 1. The molecule has 7 nitrogen and oxygen atoms in total. The standard InChI is InChI=1S/C14H17ClNO6P/c1-4-21-14(17)11-12(23(18,19-2)20-3)10-8(15)6-5-7-9(10)22-13(11)16/h5-7,12H,4,16H2,1-3H3. The number of carbonyl (C=O) groups is 1. The summed E-state index contributed by atoms with van der Waals surface area (Å²) in [5.74, 6) is -0.713. The summed E-state index contributed by atoms with van der Waals surface area (Å²) in [7, 11) is -1.36. The highest BCUT2D eigenvalue weighted by Gasteiger charge is 2.48. The van der Waals surface area contributed by atoms with Gasteiger partial charge in [0.2, 0.25) is 5.88 Å². The van der Waals surface area contributed by atoms with E-state index in [0.29, 0.717) is 5.56 Å². The van der Waals surface area contributed by atoms with Crippen molar-refractivity contribution in [1.82, 2.24) is 0 Å². The minimum absolute atomic E-state index is 0.113. The Bertz CT molecular complexity index is 697. The minimum atomic E-state index is -3.79. The van der Waals surface area contributed by atoms with Crippen molar-refractivity contribution < 1.29 is 27.9 Å². The molecule has 2 N–H and O–H groups in total. The Morgan fingerprint density at radius 3 is 2.61 bits per heavy atom. The third kappa shape index (κ3) is 3.10. The van der Waals surface area contributed by atoms with E-state index in [4.69, 9.17) is 35.9 Å². The van der Waals surface area contributed by atoms with Crippen molar-refractivity contribution in [2.45, 2.75) is 12.6 Å². The van der Waals surface area contributed by atoms with Gasteiger partial charge in [0.25, 0.3) is 0 Å². The summed E-state index contributed by atoms with van der Waals surface area (Å²) < 4.78 is 33.6. The van der Waals surface area contributed by atoms with E-state index in [1.54, 1.807) is 25.1 Å². The first-order valence-corrected chi connectivity index (χ1v) is 8.72. The molecular weight excluding hydrogens is 345 g/mol. The van der Waals surface area contributed by atoms with Crippen molar-refractivity contribution in [3.05, 3.63) is 40.2 Å². The van der Waals surface area contributed by atoms with Crippen molar-refractivity contribution in [2.75, 3.05) is 20.8 Å². The third-order valence-corrected chi connectivity index (χ3v) is 5.86. The van der Waals surface area contributed by atoms with E-state index in [-0.39, 0.29) is 28.8 Å². The van der Waals surface area contributed by atoms with Crippen LogP contribution < -0.4 is 10.5 Å². The van der Waals surface area contributed by atoms with Crippen LogP contribution in [0.4, 0.5) is 0 Å². The van der Waals surface area contributed by atoms with E-state index < -0.39 is 19.2 Å². The molecule has 23 heavy (non-hydrogen) atoms. The second kappa shape index (κ2) is 6.93. The molecule has 0 saturated carbocycles. The van der Waals surface area contributed by atoms with Crippen LogP contribution in [0.25, 0.3) is 0 Å². The Labute approximate surface area is 138 Å². The molecule has 0 fully saturated rings. The van der Waals surface area contributed by atoms with Gasteiger partial charge in [-0.25, -0.2) is 4.79 Å². The number of carbonyl (C=O) groups excluding carboxylic acids is 1. The van der Waals surface area contributed by atoms with Gasteiger partial charge >= 0.3 is 13.6 Å². The fourth-order valence-electron chi connectivity index (χ4n) is 2.35. The quantitative estimate of drug-likeness (QED) is 0.636. The Kier molecular flexibility index (Phi) is 5.37. The summed E-state index contributed by atoms with van der Waals surface area (Å²) >= 11 is 6.22. The molecule has 0 aliphatic carbocycles. The van der Waals surface area contributed by atoms with Crippen molar-refractivity contribution >= 4 is 25.2 Å². The fourth-order valence-corrected chi connectivity index (χ4v) is 4.40. The molecule has 1 heterocycles. The first kappa shape index (κ1) is 17.8. The van der Waals surface area contributed by atoms with Gasteiger partial charge < -0.3 is 24.3 Å². The number of esters is 1. The zero-order valence-electron chi connectivity index (χ0n) is 12.9. The van der Waals surface area contributed by atoms with Gasteiger partial charge in [-0.2, -0.15) is 0 Å². The number of benzene rings is 1. The lowest BCUT2D eigenvalue weighted by Crippen LogP contribution is -2.27. The number of hydrogen-bond donors (Lipinski definition) is 1. The van der Waals surface area contributed by atoms with Gasteiger partial charge in [-0.15, -0.1) is 0 Å². The van der Waals surface area contributed by atoms with Gasteiger partial charge in [0.1, 0.15) is 17.0 Å². The molecule has 1 aliphatic rings. The van der Waals surface area contributed by atoms with E-state index in [1.807, 2.05) is 0 Å². The van der Waals surface area contributed by atoms with Crippen LogP contribution in [-0.2, 0) is 23.1 Å². The number of halogens is 1. The zero-order chi connectivity index (χ0) is 17.2. The summed E-state index contributed by atoms with van der Waals surface area (Å²) in [6, 6.07) is 4.82. The molecule has 9 heteroatoms. The van der Waals surface area contributed by atoms with Gasteiger partial charge in [-0.3, -0.25) is 4.57 Å². The average molecular weight is 362 g/mol. The summed E-state index contributed by atoms with van der Waals surface area (Å²) in [4.78, 5) is 12.3. The maximum absolute atomic E-state index is 13.0. The van der Waals surface area contributed by atoms with Crippen LogP contribution in [0.15, 0.2) is 29.7 Å². The molecule has 1 aromatic carbocycles. The van der Waals surface area contributed by atoms with Crippen molar-refractivity contribution in [3.8, 4) is 5.75 Å². The van der Waals surface area contributed by atoms with E-state index in [0.717, 1.165) is 0 Å². The lowest BCUT2D eigenvalue weighted by Gasteiger charge is -2.31. The zero-order valence-corrected chi connectivity index (χ0v) is 14.5. The molecule has 0 spiro atoms. The Morgan fingerprint density at radius 1 is 1.39 bits per heavy atom. The van der Waals surface area contributed by atoms with Gasteiger partial charge in [0.15, 0.2) is 0 Å². The predicted molar refractivity (Wildman–Crippen MR) is 84.3 cm³/mol. The third-order valence-electron chi connectivity index (χ3n) is 3.37. The van der Waals surface area contributed by atoms with Crippen LogP contribution in [0.2, 0.25) is 5.02 Å². The molecule has 0 aromatic heterocycles. The molecule has 0 bridgehead atoms. The Balaban J connectivity index is 2.72. The minimum Gasteiger partial charge on any atom is -0.462 e. The summed E-state index contributed by atoms with van der Waals surface area (Å²) in [6.07, 6.45) is 0. The topological polar surface area (TPSA) is 97.1 Å². The molecule has 1 aliphatic heterocycles. The Hall–Kier alpha value is -1.53. The van der Waals surface area contributed by atoms with E-state index in [2.05, 4.69) is 0 Å². The SMILES string of the molecule is CCOC(=O)C1=C(N)Oc2cccc(Cl)c2C1P(=O)(OC)OC. The maximum atomic E-state index is 13.0. The molecule has 2 rings (SSSR count). The Morgan fingerprint density at radius 2 is 2.04 bits per heavy atom. The molecule has 0 saturated heterocycles. The highest BCUT2D eigenvalue weighted by molar-refractivity contribution is 7.54. The van der Waals surface area contributed by atoms with E-state index in [1.165, 1.54) is 14.2 Å². The highest BCUT2D eigenvalue weighted by Crippen LogP contribution is 2.66. The molecule has 1 aromatic rings. The van der Waals surface area contributed by atoms with Crippen LogP contribution in [0, 0.1) is 0 Å². The molecule has 0 amide bonds. The first-order chi connectivity index (χ1) is 10.9. The number of rotatable bonds is 5.